The highest BCUT2D eigenvalue weighted by Gasteiger charge is 2.52. The van der Waals surface area contributed by atoms with E-state index in [-0.39, 0.29) is 35.9 Å². The fourth-order valence-electron chi connectivity index (χ4n) is 5.43. The van der Waals surface area contributed by atoms with E-state index in [4.69, 9.17) is 21.1 Å². The fourth-order valence-corrected chi connectivity index (χ4v) is 5.69. The van der Waals surface area contributed by atoms with E-state index in [1.54, 1.807) is 37.8 Å². The maximum absolute atomic E-state index is 13.6. The van der Waals surface area contributed by atoms with Gasteiger partial charge in [-0.25, -0.2) is 18.3 Å². The normalized spacial score (nSPS) is 20.3. The molecule has 1 saturated carbocycles. The first-order chi connectivity index (χ1) is 17.9. The van der Waals surface area contributed by atoms with E-state index in [9.17, 15) is 18.4 Å². The van der Waals surface area contributed by atoms with Crippen LogP contribution in [0.4, 0.5) is 13.6 Å². The Morgan fingerprint density at radius 2 is 2.03 bits per heavy atom. The van der Waals surface area contributed by atoms with Crippen LogP contribution in [0.25, 0.3) is 0 Å². The summed E-state index contributed by atoms with van der Waals surface area (Å²) < 4.78 is 40.0. The molecule has 1 atom stereocenters. The van der Waals surface area contributed by atoms with Crippen molar-refractivity contribution in [2.75, 3.05) is 19.6 Å². The third-order valence-electron chi connectivity index (χ3n) is 7.47. The van der Waals surface area contributed by atoms with Crippen molar-refractivity contribution in [1.29, 1.82) is 0 Å². The first-order valence-electron chi connectivity index (χ1n) is 12.8. The lowest BCUT2D eigenvalue weighted by atomic mass is 9.91. The van der Waals surface area contributed by atoms with Crippen LogP contribution in [-0.4, -0.2) is 62.0 Å². The molecule has 2 aromatic rings. The van der Waals surface area contributed by atoms with Gasteiger partial charge in [-0.05, 0) is 63.1 Å². The Hall–Kier alpha value is -2.95. The molecule has 1 spiro atoms. The van der Waals surface area contributed by atoms with Crippen molar-refractivity contribution in [3.05, 3.63) is 39.7 Å². The van der Waals surface area contributed by atoms with Gasteiger partial charge in [0, 0.05) is 43.7 Å². The number of carbonyl (C=O) groups excluding carboxylic acids is 2. The van der Waals surface area contributed by atoms with E-state index < -0.39 is 24.2 Å². The summed E-state index contributed by atoms with van der Waals surface area (Å²) in [5, 5.41) is 8.06. The molecule has 0 bridgehead atoms. The van der Waals surface area contributed by atoms with Crippen LogP contribution < -0.4 is 4.74 Å². The van der Waals surface area contributed by atoms with Crippen LogP contribution in [0, 0.1) is 5.41 Å². The number of aryl methyl sites for hydroxylation is 1. The first-order valence-corrected chi connectivity index (χ1v) is 13.1. The van der Waals surface area contributed by atoms with Crippen molar-refractivity contribution in [3.8, 4) is 5.75 Å². The van der Waals surface area contributed by atoms with Crippen LogP contribution in [0.2, 0.25) is 5.02 Å². The molecule has 2 fully saturated rings. The van der Waals surface area contributed by atoms with Crippen molar-refractivity contribution in [1.82, 2.24) is 24.8 Å². The number of fused-ring (bicyclic) bond motifs is 1. The fraction of sp³-hybridized carbons (Fsp3) is 0.615. The van der Waals surface area contributed by atoms with Crippen molar-refractivity contribution in [3.63, 3.8) is 0 Å². The lowest BCUT2D eigenvalue weighted by Crippen LogP contribution is -2.47. The van der Waals surface area contributed by atoms with E-state index in [1.165, 1.54) is 7.05 Å². The molecule has 0 N–H and O–H groups in total. The summed E-state index contributed by atoms with van der Waals surface area (Å²) in [4.78, 5) is 29.7. The van der Waals surface area contributed by atoms with Gasteiger partial charge in [-0.2, -0.15) is 0 Å². The van der Waals surface area contributed by atoms with Crippen molar-refractivity contribution in [2.24, 2.45) is 12.5 Å². The smallest absolute Gasteiger partial charge is 0.410 e. The molecule has 12 heteroatoms. The number of hydrogen-bond acceptors (Lipinski definition) is 6. The predicted octanol–water partition coefficient (Wildman–Crippen LogP) is 4.83. The van der Waals surface area contributed by atoms with Gasteiger partial charge in [-0.1, -0.05) is 16.8 Å². The molecule has 3 heterocycles. The Balaban J connectivity index is 1.50. The maximum atomic E-state index is 13.6. The van der Waals surface area contributed by atoms with Crippen molar-refractivity contribution in [2.45, 2.75) is 71.1 Å². The third-order valence-corrected chi connectivity index (χ3v) is 7.82. The average molecular weight is 552 g/mol. The summed E-state index contributed by atoms with van der Waals surface area (Å²) in [5.74, 6) is 0.450. The van der Waals surface area contributed by atoms with Crippen LogP contribution in [0.3, 0.4) is 0 Å². The maximum Gasteiger partial charge on any atom is 0.410 e. The topological polar surface area (TPSA) is 89.8 Å². The first kappa shape index (κ1) is 26.6. The lowest BCUT2D eigenvalue weighted by molar-refractivity contribution is -0.128. The number of alkyl halides is 2. The number of ether oxygens (including phenoxy) is 2. The number of nitrogens with zero attached hydrogens (tertiary/aromatic N) is 5. The zero-order valence-corrected chi connectivity index (χ0v) is 22.7. The van der Waals surface area contributed by atoms with E-state index in [0.29, 0.717) is 42.3 Å². The largest absolute Gasteiger partial charge is 0.487 e. The average Bonchev–Trinajstić information content (AvgIpc) is 3.35. The second-order valence-electron chi connectivity index (χ2n) is 11.5. The Labute approximate surface area is 225 Å². The highest BCUT2D eigenvalue weighted by atomic mass is 35.5. The van der Waals surface area contributed by atoms with Gasteiger partial charge in [0.2, 0.25) is 5.91 Å². The Bertz CT molecular complexity index is 1260. The zero-order valence-electron chi connectivity index (χ0n) is 22.0. The Kier molecular flexibility index (Phi) is 6.77. The molecule has 1 aromatic heterocycles. The van der Waals surface area contributed by atoms with Gasteiger partial charge in [-0.15, -0.1) is 5.10 Å². The number of benzene rings is 1. The SMILES string of the molecule is Cn1nnc(COc2ccc(Cl)c3c2C(CN2CC4(CC4)CC2=O)N(C(=O)OC(C)(C)C)CC3)c1C(F)F. The molecule has 1 aromatic carbocycles. The highest BCUT2D eigenvalue weighted by molar-refractivity contribution is 6.31. The second-order valence-corrected chi connectivity index (χ2v) is 11.9. The molecule has 5 rings (SSSR count). The molecule has 1 aliphatic carbocycles. The summed E-state index contributed by atoms with van der Waals surface area (Å²) in [6, 6.07) is 2.77. The number of halogens is 3. The summed E-state index contributed by atoms with van der Waals surface area (Å²) in [6.07, 6.45) is -0.249. The molecule has 3 aliphatic rings. The van der Waals surface area contributed by atoms with Crippen LogP contribution in [0.1, 0.15) is 75.0 Å². The number of amides is 2. The molecule has 9 nitrogen and oxygen atoms in total. The minimum atomic E-state index is -2.76. The molecule has 2 amide bonds. The Morgan fingerprint density at radius 1 is 1.29 bits per heavy atom. The van der Waals surface area contributed by atoms with Gasteiger partial charge in [0.1, 0.15) is 29.3 Å². The van der Waals surface area contributed by atoms with E-state index in [1.807, 2.05) is 4.90 Å². The quantitative estimate of drug-likeness (QED) is 0.511. The van der Waals surface area contributed by atoms with Crippen LogP contribution in [-0.2, 0) is 29.6 Å². The molecule has 2 aliphatic heterocycles. The summed E-state index contributed by atoms with van der Waals surface area (Å²) in [7, 11) is 1.40. The Morgan fingerprint density at radius 3 is 2.66 bits per heavy atom. The van der Waals surface area contributed by atoms with E-state index in [0.717, 1.165) is 23.1 Å². The zero-order chi connectivity index (χ0) is 27.4. The lowest BCUT2D eigenvalue weighted by Gasteiger charge is -2.40. The van der Waals surface area contributed by atoms with Gasteiger partial charge >= 0.3 is 6.09 Å². The van der Waals surface area contributed by atoms with Crippen molar-refractivity contribution >= 4 is 23.6 Å². The molecule has 38 heavy (non-hydrogen) atoms. The number of hydrogen-bond donors (Lipinski definition) is 0. The summed E-state index contributed by atoms with van der Waals surface area (Å²) in [5.41, 5.74) is 0.493. The summed E-state index contributed by atoms with van der Waals surface area (Å²) in [6.45, 7) is 6.41. The van der Waals surface area contributed by atoms with Gasteiger partial charge in [0.05, 0.1) is 6.04 Å². The van der Waals surface area contributed by atoms with Crippen LogP contribution in [0.5, 0.6) is 5.75 Å². The molecule has 1 unspecified atom stereocenters. The molecule has 206 valence electrons. The number of aromatic nitrogens is 3. The van der Waals surface area contributed by atoms with E-state index in [2.05, 4.69) is 10.3 Å². The van der Waals surface area contributed by atoms with Crippen LogP contribution in [0.15, 0.2) is 12.1 Å². The monoisotopic (exact) mass is 551 g/mol. The highest BCUT2D eigenvalue weighted by Crippen LogP contribution is 2.53. The van der Waals surface area contributed by atoms with Crippen molar-refractivity contribution < 1.29 is 27.8 Å². The van der Waals surface area contributed by atoms with E-state index >= 15 is 0 Å². The van der Waals surface area contributed by atoms with Gasteiger partial charge in [0.25, 0.3) is 6.43 Å². The second kappa shape index (κ2) is 9.66. The molecular formula is C26H32ClF2N5O4. The molecular weight excluding hydrogens is 520 g/mol. The summed E-state index contributed by atoms with van der Waals surface area (Å²) >= 11 is 6.61. The predicted molar refractivity (Wildman–Crippen MR) is 134 cm³/mol. The number of likely N-dealkylation sites (tertiary alicyclic amines) is 1. The van der Waals surface area contributed by atoms with Gasteiger partial charge < -0.3 is 14.4 Å². The standard InChI is InChI=1S/C26H32ClF2N5O4/c1-25(2,3)38-24(36)34-10-7-15-16(27)5-6-19(37-13-17-22(23(28)29)32(4)31-30-17)21(15)18(34)12-33-14-26(8-9-26)11-20(33)35/h5-6,18,23H,7-14H2,1-4H3. The van der Waals surface area contributed by atoms with Gasteiger partial charge in [-0.3, -0.25) is 9.69 Å². The minimum Gasteiger partial charge on any atom is -0.487 e. The molecule has 1 saturated heterocycles. The third kappa shape index (κ3) is 5.17. The number of rotatable bonds is 6. The minimum absolute atomic E-state index is 0.0213. The van der Waals surface area contributed by atoms with Crippen LogP contribution >= 0.6 is 11.6 Å². The van der Waals surface area contributed by atoms with Gasteiger partial charge in [0.15, 0.2) is 0 Å². The number of carbonyl (C=O) groups is 2. The molecule has 0 radical (unpaired) electrons.